The normalized spacial score (nSPS) is 10.3. The number of nitrogens with two attached hydrogens (primary N) is 1. The third-order valence-corrected chi connectivity index (χ3v) is 3.00. The van der Waals surface area contributed by atoms with Gasteiger partial charge in [0.1, 0.15) is 0 Å². The molecule has 0 unspecified atom stereocenters. The number of rotatable bonds is 3. The Bertz CT molecular complexity index is 702. The standard InChI is InChI=1S/C15H15FN2O3/c1-8-6-13(11(16)7-12(8)17)21-14-5-4-10(9(2)18-14)15(19)20-3/h4-7H,17H2,1-3H3. The topological polar surface area (TPSA) is 74.4 Å². The van der Waals surface area contributed by atoms with Gasteiger partial charge in [-0.25, -0.2) is 14.2 Å². The average Bonchev–Trinajstić information content (AvgIpc) is 2.44. The van der Waals surface area contributed by atoms with Crippen molar-refractivity contribution in [1.29, 1.82) is 0 Å². The second-order valence-corrected chi connectivity index (χ2v) is 4.52. The minimum absolute atomic E-state index is 0.0272. The molecule has 110 valence electrons. The van der Waals surface area contributed by atoms with E-state index in [1.165, 1.54) is 31.4 Å². The molecule has 0 saturated carbocycles. The highest BCUT2D eigenvalue weighted by Crippen LogP contribution is 2.27. The molecule has 0 radical (unpaired) electrons. The van der Waals surface area contributed by atoms with Crippen LogP contribution in [0.15, 0.2) is 24.3 Å². The van der Waals surface area contributed by atoms with Crippen LogP contribution in [0.1, 0.15) is 21.6 Å². The first-order chi connectivity index (χ1) is 9.92. The molecule has 0 bridgehead atoms. The number of hydrogen-bond donors (Lipinski definition) is 1. The third-order valence-electron chi connectivity index (χ3n) is 3.00. The Morgan fingerprint density at radius 1 is 1.29 bits per heavy atom. The van der Waals surface area contributed by atoms with Crippen LogP contribution in [0.5, 0.6) is 11.6 Å². The van der Waals surface area contributed by atoms with E-state index >= 15 is 0 Å². The van der Waals surface area contributed by atoms with E-state index in [1.54, 1.807) is 13.8 Å². The lowest BCUT2D eigenvalue weighted by atomic mass is 10.2. The summed E-state index contributed by atoms with van der Waals surface area (Å²) in [7, 11) is 1.29. The number of carbonyl (C=O) groups is 1. The number of aromatic nitrogens is 1. The zero-order chi connectivity index (χ0) is 15.6. The summed E-state index contributed by atoms with van der Waals surface area (Å²) < 4.78 is 23.8. The molecular formula is C15H15FN2O3. The van der Waals surface area contributed by atoms with E-state index < -0.39 is 11.8 Å². The van der Waals surface area contributed by atoms with E-state index in [0.717, 1.165) is 0 Å². The van der Waals surface area contributed by atoms with Crippen molar-refractivity contribution >= 4 is 11.7 Å². The summed E-state index contributed by atoms with van der Waals surface area (Å²) in [4.78, 5) is 15.6. The van der Waals surface area contributed by atoms with Crippen LogP contribution in [0.25, 0.3) is 0 Å². The summed E-state index contributed by atoms with van der Waals surface area (Å²) in [5.74, 6) is -0.849. The summed E-state index contributed by atoms with van der Waals surface area (Å²) in [5.41, 5.74) is 7.44. The van der Waals surface area contributed by atoms with E-state index in [9.17, 15) is 9.18 Å². The average molecular weight is 290 g/mol. The lowest BCUT2D eigenvalue weighted by Gasteiger charge is -2.10. The van der Waals surface area contributed by atoms with Crippen molar-refractivity contribution in [3.05, 3.63) is 46.9 Å². The first-order valence-electron chi connectivity index (χ1n) is 6.21. The molecule has 21 heavy (non-hydrogen) atoms. The minimum Gasteiger partial charge on any atom is -0.465 e. The van der Waals surface area contributed by atoms with Crippen LogP contribution in [0.2, 0.25) is 0 Å². The lowest BCUT2D eigenvalue weighted by Crippen LogP contribution is -2.05. The smallest absolute Gasteiger partial charge is 0.339 e. The maximum atomic E-state index is 13.8. The predicted molar refractivity (Wildman–Crippen MR) is 75.9 cm³/mol. The minimum atomic E-state index is -0.574. The van der Waals surface area contributed by atoms with Gasteiger partial charge >= 0.3 is 5.97 Å². The Hall–Kier alpha value is -2.63. The van der Waals surface area contributed by atoms with Crippen molar-refractivity contribution < 1.29 is 18.7 Å². The third kappa shape index (κ3) is 3.10. The number of anilines is 1. The Morgan fingerprint density at radius 3 is 2.62 bits per heavy atom. The molecule has 2 aromatic rings. The number of ether oxygens (including phenoxy) is 2. The number of esters is 1. The molecule has 0 atom stereocenters. The van der Waals surface area contributed by atoms with Crippen LogP contribution >= 0.6 is 0 Å². The second-order valence-electron chi connectivity index (χ2n) is 4.52. The molecular weight excluding hydrogens is 275 g/mol. The summed E-state index contributed by atoms with van der Waals surface area (Å²) in [6, 6.07) is 5.69. The number of carbonyl (C=O) groups excluding carboxylic acids is 1. The van der Waals surface area contributed by atoms with Crippen molar-refractivity contribution in [2.24, 2.45) is 0 Å². The first kappa shape index (κ1) is 14.8. The molecule has 0 amide bonds. The number of nitrogens with zero attached hydrogens (tertiary/aromatic N) is 1. The zero-order valence-electron chi connectivity index (χ0n) is 11.9. The van der Waals surface area contributed by atoms with E-state index in [4.69, 9.17) is 10.5 Å². The van der Waals surface area contributed by atoms with Crippen LogP contribution in [0.3, 0.4) is 0 Å². The van der Waals surface area contributed by atoms with Gasteiger partial charge < -0.3 is 15.2 Å². The number of benzene rings is 1. The van der Waals surface area contributed by atoms with Crippen molar-refractivity contribution in [2.75, 3.05) is 12.8 Å². The van der Waals surface area contributed by atoms with E-state index in [0.29, 0.717) is 22.5 Å². The molecule has 2 N–H and O–H groups in total. The molecule has 2 rings (SSSR count). The maximum Gasteiger partial charge on any atom is 0.339 e. The number of nitrogen functional groups attached to an aromatic ring is 1. The van der Waals surface area contributed by atoms with Crippen LogP contribution in [-0.2, 0) is 4.74 Å². The molecule has 1 heterocycles. The molecule has 0 aliphatic rings. The van der Waals surface area contributed by atoms with Gasteiger partial charge in [0.05, 0.1) is 18.4 Å². The molecule has 0 saturated heterocycles. The molecule has 1 aromatic carbocycles. The Morgan fingerprint density at radius 2 is 2.00 bits per heavy atom. The van der Waals surface area contributed by atoms with Crippen molar-refractivity contribution in [3.63, 3.8) is 0 Å². The van der Waals surface area contributed by atoms with Gasteiger partial charge in [-0.3, -0.25) is 0 Å². The lowest BCUT2D eigenvalue weighted by molar-refractivity contribution is 0.0599. The highest BCUT2D eigenvalue weighted by atomic mass is 19.1. The zero-order valence-corrected chi connectivity index (χ0v) is 11.9. The molecule has 1 aromatic heterocycles. The van der Waals surface area contributed by atoms with Crippen molar-refractivity contribution in [1.82, 2.24) is 4.98 Å². The van der Waals surface area contributed by atoms with E-state index in [-0.39, 0.29) is 11.6 Å². The van der Waals surface area contributed by atoms with Gasteiger partial charge in [-0.05, 0) is 31.5 Å². The Balaban J connectivity index is 2.31. The molecule has 0 aliphatic carbocycles. The summed E-state index contributed by atoms with van der Waals surface area (Å²) in [6.45, 7) is 3.39. The predicted octanol–water partition coefficient (Wildman–Crippen LogP) is 3.00. The maximum absolute atomic E-state index is 13.8. The van der Waals surface area contributed by atoms with E-state index in [1.807, 2.05) is 0 Å². The van der Waals surface area contributed by atoms with Gasteiger partial charge in [-0.15, -0.1) is 0 Å². The highest BCUT2D eigenvalue weighted by Gasteiger charge is 2.13. The van der Waals surface area contributed by atoms with Gasteiger partial charge in [0.25, 0.3) is 0 Å². The van der Waals surface area contributed by atoms with Crippen molar-refractivity contribution in [2.45, 2.75) is 13.8 Å². The fourth-order valence-corrected chi connectivity index (χ4v) is 1.78. The van der Waals surface area contributed by atoms with Crippen LogP contribution in [-0.4, -0.2) is 18.1 Å². The number of methoxy groups -OCH3 is 1. The van der Waals surface area contributed by atoms with Crippen LogP contribution in [0, 0.1) is 19.7 Å². The SMILES string of the molecule is COC(=O)c1ccc(Oc2cc(C)c(N)cc2F)nc1C. The van der Waals surface area contributed by atoms with Gasteiger partial charge in [0, 0.05) is 17.8 Å². The fourth-order valence-electron chi connectivity index (χ4n) is 1.78. The largest absolute Gasteiger partial charge is 0.465 e. The summed E-state index contributed by atoms with van der Waals surface area (Å²) in [6.07, 6.45) is 0. The van der Waals surface area contributed by atoms with Gasteiger partial charge in [-0.2, -0.15) is 0 Å². The monoisotopic (exact) mass is 290 g/mol. The Kier molecular flexibility index (Phi) is 4.07. The molecule has 0 fully saturated rings. The van der Waals surface area contributed by atoms with Crippen molar-refractivity contribution in [3.8, 4) is 11.6 Å². The summed E-state index contributed by atoms with van der Waals surface area (Å²) >= 11 is 0. The molecule has 0 aliphatic heterocycles. The van der Waals surface area contributed by atoms with Gasteiger partial charge in [0.2, 0.25) is 5.88 Å². The number of halogens is 1. The van der Waals surface area contributed by atoms with Crippen LogP contribution in [0.4, 0.5) is 10.1 Å². The highest BCUT2D eigenvalue weighted by molar-refractivity contribution is 5.90. The molecule has 0 spiro atoms. The number of pyridine rings is 1. The van der Waals surface area contributed by atoms with Crippen LogP contribution < -0.4 is 10.5 Å². The fraction of sp³-hybridized carbons (Fsp3) is 0.200. The molecule has 5 nitrogen and oxygen atoms in total. The quantitative estimate of drug-likeness (QED) is 0.694. The number of hydrogen-bond acceptors (Lipinski definition) is 5. The number of aryl methyl sites for hydroxylation is 2. The summed E-state index contributed by atoms with van der Waals surface area (Å²) in [5, 5.41) is 0. The Labute approximate surface area is 121 Å². The first-order valence-corrected chi connectivity index (χ1v) is 6.21. The van der Waals surface area contributed by atoms with E-state index in [2.05, 4.69) is 9.72 Å². The van der Waals surface area contributed by atoms with Gasteiger partial charge in [-0.1, -0.05) is 0 Å². The molecule has 6 heteroatoms. The second kappa shape index (κ2) is 5.78. The van der Waals surface area contributed by atoms with Gasteiger partial charge in [0.15, 0.2) is 11.6 Å².